The van der Waals surface area contributed by atoms with Crippen molar-refractivity contribution in [2.45, 2.75) is 26.4 Å². The van der Waals surface area contributed by atoms with Crippen molar-refractivity contribution in [3.05, 3.63) is 42.5 Å². The van der Waals surface area contributed by atoms with Crippen LogP contribution in [0.15, 0.2) is 36.9 Å². The van der Waals surface area contributed by atoms with Crippen LogP contribution in [-0.2, 0) is 18.4 Å². The lowest BCUT2D eigenvalue weighted by Gasteiger charge is -2.26. The van der Waals surface area contributed by atoms with E-state index in [1.54, 1.807) is 40.3 Å². The Hall–Kier alpha value is -2.37. The number of aryl methyl sites for hydroxylation is 1. The average Bonchev–Trinajstić information content (AvgIpc) is 2.88. The van der Waals surface area contributed by atoms with E-state index in [2.05, 4.69) is 10.1 Å². The molecule has 2 aromatic heterocycles. The van der Waals surface area contributed by atoms with Crippen molar-refractivity contribution in [3.63, 3.8) is 0 Å². The lowest BCUT2D eigenvalue weighted by Crippen LogP contribution is -2.39. The van der Waals surface area contributed by atoms with E-state index >= 15 is 0 Å². The smallest absolute Gasteiger partial charge is 0.261 e. The standard InChI is InChI=1S/C15H20N4O2/c1-12(2)19(10-13-7-17-18(3)9-13)15(20)11-21-14-5-4-6-16-8-14/h4-9,12H,10-11H2,1-3H3. The van der Waals surface area contributed by atoms with Gasteiger partial charge in [-0.25, -0.2) is 0 Å². The molecule has 0 radical (unpaired) electrons. The molecule has 0 fully saturated rings. The van der Waals surface area contributed by atoms with E-state index in [4.69, 9.17) is 4.74 Å². The minimum absolute atomic E-state index is 0.00410. The summed E-state index contributed by atoms with van der Waals surface area (Å²) in [5, 5.41) is 4.12. The summed E-state index contributed by atoms with van der Waals surface area (Å²) in [4.78, 5) is 18.0. The summed E-state index contributed by atoms with van der Waals surface area (Å²) in [6.45, 7) is 4.50. The Kier molecular flexibility index (Phi) is 4.92. The van der Waals surface area contributed by atoms with Gasteiger partial charge in [0.05, 0.1) is 12.4 Å². The van der Waals surface area contributed by atoms with Gasteiger partial charge in [0.15, 0.2) is 6.61 Å². The summed E-state index contributed by atoms with van der Waals surface area (Å²) < 4.78 is 7.19. The third-order valence-electron chi connectivity index (χ3n) is 3.05. The summed E-state index contributed by atoms with van der Waals surface area (Å²) in [5.74, 6) is 0.536. The molecule has 2 rings (SSSR count). The van der Waals surface area contributed by atoms with Gasteiger partial charge in [0.2, 0.25) is 0 Å². The summed E-state index contributed by atoms with van der Waals surface area (Å²) in [7, 11) is 1.86. The summed E-state index contributed by atoms with van der Waals surface area (Å²) in [6, 6.07) is 3.65. The second-order valence-corrected chi connectivity index (χ2v) is 5.12. The fourth-order valence-corrected chi connectivity index (χ4v) is 1.97. The minimum atomic E-state index is -0.0577. The maximum atomic E-state index is 12.3. The second-order valence-electron chi connectivity index (χ2n) is 5.12. The lowest BCUT2D eigenvalue weighted by molar-refractivity contribution is -0.135. The van der Waals surface area contributed by atoms with Crippen molar-refractivity contribution in [2.24, 2.45) is 7.05 Å². The highest BCUT2D eigenvalue weighted by atomic mass is 16.5. The van der Waals surface area contributed by atoms with Gasteiger partial charge < -0.3 is 9.64 Å². The van der Waals surface area contributed by atoms with Crippen molar-refractivity contribution in [1.82, 2.24) is 19.7 Å². The van der Waals surface area contributed by atoms with Gasteiger partial charge >= 0.3 is 0 Å². The van der Waals surface area contributed by atoms with Crippen LogP contribution in [0.25, 0.3) is 0 Å². The van der Waals surface area contributed by atoms with E-state index in [1.165, 1.54) is 0 Å². The molecule has 0 aliphatic carbocycles. The number of rotatable bonds is 6. The minimum Gasteiger partial charge on any atom is -0.482 e. The fraction of sp³-hybridized carbons (Fsp3) is 0.400. The molecule has 0 spiro atoms. The molecule has 0 aliphatic heterocycles. The van der Waals surface area contributed by atoms with Gasteiger partial charge in [-0.15, -0.1) is 0 Å². The van der Waals surface area contributed by atoms with E-state index in [-0.39, 0.29) is 18.6 Å². The van der Waals surface area contributed by atoms with Crippen LogP contribution in [0.3, 0.4) is 0 Å². The number of aromatic nitrogens is 3. The molecule has 0 aromatic carbocycles. The molecule has 0 aliphatic rings. The normalized spacial score (nSPS) is 10.7. The molecule has 0 saturated heterocycles. The molecule has 0 N–H and O–H groups in total. The Bertz CT molecular complexity index is 580. The quantitative estimate of drug-likeness (QED) is 0.810. The first kappa shape index (κ1) is 15.0. The van der Waals surface area contributed by atoms with Crippen LogP contribution >= 0.6 is 0 Å². The van der Waals surface area contributed by atoms with E-state index in [1.807, 2.05) is 27.1 Å². The molecule has 21 heavy (non-hydrogen) atoms. The molecule has 0 unspecified atom stereocenters. The number of hydrogen-bond donors (Lipinski definition) is 0. The van der Waals surface area contributed by atoms with Crippen LogP contribution < -0.4 is 4.74 Å². The summed E-state index contributed by atoms with van der Waals surface area (Å²) in [6.07, 6.45) is 6.93. The average molecular weight is 288 g/mol. The Morgan fingerprint density at radius 2 is 2.24 bits per heavy atom. The van der Waals surface area contributed by atoms with Gasteiger partial charge in [-0.1, -0.05) is 0 Å². The van der Waals surface area contributed by atoms with Crippen LogP contribution in [-0.4, -0.2) is 38.2 Å². The maximum Gasteiger partial charge on any atom is 0.261 e. The number of carbonyl (C=O) groups is 1. The zero-order valence-corrected chi connectivity index (χ0v) is 12.6. The van der Waals surface area contributed by atoms with Crippen molar-refractivity contribution in [3.8, 4) is 5.75 Å². The lowest BCUT2D eigenvalue weighted by atomic mass is 10.2. The van der Waals surface area contributed by atoms with Gasteiger partial charge in [0, 0.05) is 37.6 Å². The van der Waals surface area contributed by atoms with E-state index in [9.17, 15) is 4.79 Å². The predicted molar refractivity (Wildman–Crippen MR) is 78.6 cm³/mol. The third kappa shape index (κ3) is 4.30. The number of amides is 1. The second kappa shape index (κ2) is 6.88. The molecular weight excluding hydrogens is 268 g/mol. The molecular formula is C15H20N4O2. The largest absolute Gasteiger partial charge is 0.482 e. The molecule has 2 aromatic rings. The van der Waals surface area contributed by atoms with Crippen LogP contribution in [0.2, 0.25) is 0 Å². The van der Waals surface area contributed by atoms with E-state index < -0.39 is 0 Å². The van der Waals surface area contributed by atoms with Gasteiger partial charge in [-0.05, 0) is 26.0 Å². The zero-order chi connectivity index (χ0) is 15.2. The highest BCUT2D eigenvalue weighted by Crippen LogP contribution is 2.10. The van der Waals surface area contributed by atoms with Crippen molar-refractivity contribution >= 4 is 5.91 Å². The monoisotopic (exact) mass is 288 g/mol. The molecule has 6 heteroatoms. The number of nitrogens with zero attached hydrogens (tertiary/aromatic N) is 4. The number of pyridine rings is 1. The predicted octanol–water partition coefficient (Wildman–Crippen LogP) is 1.63. The molecule has 1 amide bonds. The number of hydrogen-bond acceptors (Lipinski definition) is 4. The summed E-state index contributed by atoms with van der Waals surface area (Å²) in [5.41, 5.74) is 1.00. The first-order valence-corrected chi connectivity index (χ1v) is 6.86. The highest BCUT2D eigenvalue weighted by molar-refractivity contribution is 5.78. The van der Waals surface area contributed by atoms with Gasteiger partial charge in [0.25, 0.3) is 5.91 Å². The first-order chi connectivity index (χ1) is 10.1. The van der Waals surface area contributed by atoms with Crippen LogP contribution in [0, 0.1) is 0 Å². The molecule has 2 heterocycles. The van der Waals surface area contributed by atoms with Crippen LogP contribution in [0.5, 0.6) is 5.75 Å². The van der Waals surface area contributed by atoms with Gasteiger partial charge in [-0.3, -0.25) is 14.5 Å². The Morgan fingerprint density at radius 1 is 1.43 bits per heavy atom. The number of carbonyl (C=O) groups excluding carboxylic acids is 1. The van der Waals surface area contributed by atoms with Crippen LogP contribution in [0.1, 0.15) is 19.4 Å². The third-order valence-corrected chi connectivity index (χ3v) is 3.05. The fourth-order valence-electron chi connectivity index (χ4n) is 1.97. The van der Waals surface area contributed by atoms with Crippen LogP contribution in [0.4, 0.5) is 0 Å². The van der Waals surface area contributed by atoms with Crippen molar-refractivity contribution < 1.29 is 9.53 Å². The highest BCUT2D eigenvalue weighted by Gasteiger charge is 2.18. The topological polar surface area (TPSA) is 60.2 Å². The van der Waals surface area contributed by atoms with E-state index in [0.717, 1.165) is 5.56 Å². The molecule has 0 bridgehead atoms. The Balaban J connectivity index is 1.96. The number of ether oxygens (including phenoxy) is 1. The Labute approximate surface area is 124 Å². The molecule has 0 atom stereocenters. The first-order valence-electron chi connectivity index (χ1n) is 6.86. The SMILES string of the molecule is CC(C)N(Cc1cnn(C)c1)C(=O)COc1cccnc1. The zero-order valence-electron chi connectivity index (χ0n) is 12.6. The Morgan fingerprint density at radius 3 is 2.81 bits per heavy atom. The summed E-state index contributed by atoms with van der Waals surface area (Å²) >= 11 is 0. The van der Waals surface area contributed by atoms with E-state index in [0.29, 0.717) is 12.3 Å². The van der Waals surface area contributed by atoms with Gasteiger partial charge in [-0.2, -0.15) is 5.10 Å². The maximum absolute atomic E-state index is 12.3. The molecule has 112 valence electrons. The van der Waals surface area contributed by atoms with Gasteiger partial charge in [0.1, 0.15) is 5.75 Å². The molecule has 0 saturated carbocycles. The van der Waals surface area contributed by atoms with Crippen molar-refractivity contribution in [1.29, 1.82) is 0 Å². The molecule has 6 nitrogen and oxygen atoms in total. The van der Waals surface area contributed by atoms with Crippen molar-refractivity contribution in [2.75, 3.05) is 6.61 Å².